The minimum absolute atomic E-state index is 0.0594. The Kier molecular flexibility index (Phi) is 8.75. The second-order valence-electron chi connectivity index (χ2n) is 8.66. The van der Waals surface area contributed by atoms with Gasteiger partial charge in [-0.05, 0) is 50.1 Å². The highest BCUT2D eigenvalue weighted by atomic mass is 35.5. The van der Waals surface area contributed by atoms with Crippen molar-refractivity contribution < 1.29 is 23.9 Å². The summed E-state index contributed by atoms with van der Waals surface area (Å²) >= 11 is 5.88. The van der Waals surface area contributed by atoms with E-state index in [-0.39, 0.29) is 41.9 Å². The van der Waals surface area contributed by atoms with Crippen molar-refractivity contribution in [1.29, 1.82) is 5.41 Å². The molecule has 1 fully saturated rings. The quantitative estimate of drug-likeness (QED) is 0.249. The monoisotopic (exact) mass is 537 g/mol. The Morgan fingerprint density at radius 3 is 2.61 bits per heavy atom. The van der Waals surface area contributed by atoms with Crippen LogP contribution in [0.3, 0.4) is 0 Å². The fourth-order valence-corrected chi connectivity index (χ4v) is 3.98. The van der Waals surface area contributed by atoms with Gasteiger partial charge in [0, 0.05) is 30.8 Å². The molecule has 2 heterocycles. The van der Waals surface area contributed by atoms with Gasteiger partial charge in [-0.15, -0.1) is 0 Å². The number of rotatable bonds is 9. The second kappa shape index (κ2) is 12.4. The summed E-state index contributed by atoms with van der Waals surface area (Å²) in [5, 5.41) is 14.2. The van der Waals surface area contributed by atoms with Crippen LogP contribution in [0.25, 0.3) is 0 Å². The molecule has 1 atom stereocenters. The first kappa shape index (κ1) is 26.9. The van der Waals surface area contributed by atoms with Crippen LogP contribution in [0, 0.1) is 11.3 Å². The van der Waals surface area contributed by atoms with Crippen LogP contribution in [0.15, 0.2) is 60.3 Å². The van der Waals surface area contributed by atoms with Crippen molar-refractivity contribution >= 4 is 46.7 Å². The summed E-state index contributed by atoms with van der Waals surface area (Å²) in [6.07, 6.45) is 8.40. The first-order valence-electron chi connectivity index (χ1n) is 12.2. The van der Waals surface area contributed by atoms with Crippen LogP contribution in [0.4, 0.5) is 11.5 Å². The van der Waals surface area contributed by atoms with Gasteiger partial charge in [-0.2, -0.15) is 0 Å². The third kappa shape index (κ3) is 6.77. The molecule has 0 radical (unpaired) electrons. The Bertz CT molecular complexity index is 1290. The van der Waals surface area contributed by atoms with E-state index in [4.69, 9.17) is 26.5 Å². The molecule has 3 N–H and O–H groups in total. The fourth-order valence-electron chi connectivity index (χ4n) is 3.87. The molecule has 2 aromatic rings. The molecule has 198 valence electrons. The molecule has 1 aromatic heterocycles. The summed E-state index contributed by atoms with van der Waals surface area (Å²) in [5.41, 5.74) is 0.787. The third-order valence-corrected chi connectivity index (χ3v) is 6.25. The molecule has 2 amide bonds. The Labute approximate surface area is 225 Å². The number of esters is 1. The maximum Gasteiger partial charge on any atom is 0.344 e. The van der Waals surface area contributed by atoms with Gasteiger partial charge in [0.1, 0.15) is 17.4 Å². The number of pyridine rings is 1. The Morgan fingerprint density at radius 1 is 1.16 bits per heavy atom. The van der Waals surface area contributed by atoms with Crippen LogP contribution < -0.4 is 15.4 Å². The number of carbonyl (C=O) groups excluding carboxylic acids is 3. The molecule has 0 saturated carbocycles. The smallest absolute Gasteiger partial charge is 0.344 e. The van der Waals surface area contributed by atoms with Gasteiger partial charge in [-0.3, -0.25) is 15.0 Å². The van der Waals surface area contributed by atoms with Gasteiger partial charge < -0.3 is 25.0 Å². The van der Waals surface area contributed by atoms with Crippen molar-refractivity contribution in [3.05, 3.63) is 70.9 Å². The predicted octanol–water partition coefficient (Wildman–Crippen LogP) is 4.05. The number of allylic oxidation sites excluding steroid dienone is 1. The number of hydrogen-bond acceptors (Lipinski definition) is 7. The lowest BCUT2D eigenvalue weighted by Crippen LogP contribution is -2.44. The maximum atomic E-state index is 13.1. The number of nitrogens with zero attached hydrogens (tertiary/aromatic N) is 2. The summed E-state index contributed by atoms with van der Waals surface area (Å²) in [7, 11) is 0. The minimum atomic E-state index is -0.548. The lowest BCUT2D eigenvalue weighted by molar-refractivity contribution is -0.145. The number of benzene rings is 1. The van der Waals surface area contributed by atoms with E-state index in [1.807, 2.05) is 11.0 Å². The number of nitrogens with one attached hydrogen (secondary N) is 3. The molecule has 10 nitrogen and oxygen atoms in total. The van der Waals surface area contributed by atoms with E-state index in [1.165, 1.54) is 18.3 Å². The summed E-state index contributed by atoms with van der Waals surface area (Å²) in [6.45, 7) is 3.38. The van der Waals surface area contributed by atoms with Gasteiger partial charge in [-0.25, -0.2) is 9.78 Å². The average molecular weight is 538 g/mol. The molecule has 4 rings (SSSR count). The Morgan fingerprint density at radius 2 is 1.97 bits per heavy atom. The molecular weight excluding hydrogens is 510 g/mol. The van der Waals surface area contributed by atoms with Crippen LogP contribution in [0.2, 0.25) is 5.02 Å². The van der Waals surface area contributed by atoms with E-state index in [0.29, 0.717) is 22.9 Å². The van der Waals surface area contributed by atoms with Gasteiger partial charge >= 0.3 is 5.97 Å². The molecular formula is C27H28ClN5O5. The molecule has 0 spiro atoms. The standard InChI is InChI=1S/C27H28ClN5O5/c1-2-37-24(34)16-38-20-9-10-22(21(14-20)27(36)32-23-11-8-19(28)15-30-23)31-26(35)18-6-4-17(5-7-18)25(29)33-12-3-13-33/h4,6-11,14-15,17,29H,2-3,5,12-13,16H2,1H3,(H,31,35)(H,30,32,36). The predicted molar refractivity (Wildman–Crippen MR) is 144 cm³/mol. The van der Waals surface area contributed by atoms with E-state index < -0.39 is 17.8 Å². The molecule has 1 aromatic carbocycles. The van der Waals surface area contributed by atoms with Crippen LogP contribution >= 0.6 is 11.6 Å². The van der Waals surface area contributed by atoms with Crippen LogP contribution in [-0.4, -0.2) is 59.8 Å². The molecule has 1 aliphatic heterocycles. The van der Waals surface area contributed by atoms with Gasteiger partial charge in [-0.1, -0.05) is 29.8 Å². The second-order valence-corrected chi connectivity index (χ2v) is 9.09. The molecule has 0 bridgehead atoms. The van der Waals surface area contributed by atoms with Crippen molar-refractivity contribution in [2.24, 2.45) is 5.92 Å². The summed E-state index contributed by atoms with van der Waals surface area (Å²) in [5.74, 6) is -0.468. The highest BCUT2D eigenvalue weighted by Gasteiger charge is 2.25. The number of amides is 2. The third-order valence-electron chi connectivity index (χ3n) is 6.02. The van der Waals surface area contributed by atoms with E-state index in [1.54, 1.807) is 37.3 Å². The first-order chi connectivity index (χ1) is 18.3. The highest BCUT2D eigenvalue weighted by molar-refractivity contribution is 6.30. The molecule has 1 aliphatic carbocycles. The summed E-state index contributed by atoms with van der Waals surface area (Å²) < 4.78 is 10.3. The topological polar surface area (TPSA) is 134 Å². The van der Waals surface area contributed by atoms with Crippen LogP contribution in [0.1, 0.15) is 30.1 Å². The average Bonchev–Trinajstić information content (AvgIpc) is 2.88. The molecule has 2 aliphatic rings. The zero-order valence-electron chi connectivity index (χ0n) is 20.8. The number of hydrogen-bond donors (Lipinski definition) is 3. The first-order valence-corrected chi connectivity index (χ1v) is 12.6. The number of aromatic nitrogens is 1. The molecule has 38 heavy (non-hydrogen) atoms. The number of halogens is 1. The largest absolute Gasteiger partial charge is 0.482 e. The minimum Gasteiger partial charge on any atom is -0.482 e. The maximum absolute atomic E-state index is 13.1. The summed E-state index contributed by atoms with van der Waals surface area (Å²) in [4.78, 5) is 44.0. The van der Waals surface area contributed by atoms with Crippen molar-refractivity contribution in [2.45, 2.75) is 19.8 Å². The van der Waals surface area contributed by atoms with Crippen LogP contribution in [0.5, 0.6) is 5.75 Å². The van der Waals surface area contributed by atoms with Crippen molar-refractivity contribution in [3.63, 3.8) is 0 Å². The molecule has 1 unspecified atom stereocenters. The van der Waals surface area contributed by atoms with E-state index >= 15 is 0 Å². The summed E-state index contributed by atoms with van der Waals surface area (Å²) in [6, 6.07) is 7.63. The number of amidine groups is 1. The number of anilines is 2. The number of carbonyl (C=O) groups is 3. The lowest BCUT2D eigenvalue weighted by Gasteiger charge is -2.36. The fraction of sp³-hybridized carbons (Fsp3) is 0.296. The van der Waals surface area contributed by atoms with Crippen molar-refractivity contribution in [3.8, 4) is 5.75 Å². The zero-order chi connectivity index (χ0) is 27.1. The SMILES string of the molecule is CCOC(=O)COc1ccc(NC(=O)C2=CCC(C(=N)N3CCC3)C=C2)c(C(=O)Nc2ccc(Cl)cn2)c1. The molecule has 1 saturated heterocycles. The van der Waals surface area contributed by atoms with E-state index in [2.05, 4.69) is 15.6 Å². The van der Waals surface area contributed by atoms with Crippen molar-refractivity contribution in [2.75, 3.05) is 36.9 Å². The van der Waals surface area contributed by atoms with Gasteiger partial charge in [0.2, 0.25) is 0 Å². The zero-order valence-corrected chi connectivity index (χ0v) is 21.6. The van der Waals surface area contributed by atoms with E-state index in [0.717, 1.165) is 19.5 Å². The van der Waals surface area contributed by atoms with Crippen LogP contribution in [-0.2, 0) is 14.3 Å². The van der Waals surface area contributed by atoms with Gasteiger partial charge in [0.15, 0.2) is 6.61 Å². The Balaban J connectivity index is 1.49. The number of likely N-dealkylation sites (tertiary alicyclic amines) is 1. The van der Waals surface area contributed by atoms with Gasteiger partial charge in [0.05, 0.1) is 22.9 Å². The molecule has 11 heteroatoms. The lowest BCUT2D eigenvalue weighted by atomic mass is 9.93. The van der Waals surface area contributed by atoms with E-state index in [9.17, 15) is 14.4 Å². The normalized spacial score (nSPS) is 16.1. The highest BCUT2D eigenvalue weighted by Crippen LogP contribution is 2.26. The van der Waals surface area contributed by atoms with Gasteiger partial charge in [0.25, 0.3) is 11.8 Å². The Hall–Kier alpha value is -4.18. The van der Waals surface area contributed by atoms with Crippen molar-refractivity contribution in [1.82, 2.24) is 9.88 Å². The number of ether oxygens (including phenoxy) is 2.